The molecule has 2 heterocycles. The molecule has 1 amide bonds. The molecule has 0 aliphatic carbocycles. The Morgan fingerprint density at radius 2 is 1.92 bits per heavy atom. The van der Waals surface area contributed by atoms with E-state index in [0.29, 0.717) is 31.0 Å². The van der Waals surface area contributed by atoms with E-state index in [1.54, 1.807) is 4.90 Å². The Balaban J connectivity index is 1.78. The summed E-state index contributed by atoms with van der Waals surface area (Å²) in [6, 6.07) is 12.9. The van der Waals surface area contributed by atoms with Gasteiger partial charge in [0.25, 0.3) is 5.91 Å². The Morgan fingerprint density at radius 1 is 1.16 bits per heavy atom. The van der Waals surface area contributed by atoms with Crippen LogP contribution in [-0.2, 0) is 4.74 Å². The van der Waals surface area contributed by atoms with Gasteiger partial charge in [-0.05, 0) is 26.0 Å². The zero-order valence-corrected chi connectivity index (χ0v) is 14.7. The lowest BCUT2D eigenvalue weighted by atomic mass is 10.0. The summed E-state index contributed by atoms with van der Waals surface area (Å²) in [4.78, 5) is 27.4. The molecule has 0 spiro atoms. The summed E-state index contributed by atoms with van der Waals surface area (Å²) in [5.74, 6) is 0.000930. The third-order valence-electron chi connectivity index (χ3n) is 4.56. The van der Waals surface area contributed by atoms with Gasteiger partial charge in [-0.2, -0.15) is 0 Å². The highest BCUT2D eigenvalue weighted by Gasteiger charge is 2.31. The summed E-state index contributed by atoms with van der Waals surface area (Å²) in [7, 11) is 0. The van der Waals surface area contributed by atoms with Gasteiger partial charge in [-0.1, -0.05) is 30.3 Å². The van der Waals surface area contributed by atoms with Crippen molar-refractivity contribution in [2.45, 2.75) is 32.4 Å². The topological polar surface area (TPSA) is 51.5 Å². The van der Waals surface area contributed by atoms with E-state index in [2.05, 4.69) is 0 Å². The number of nitrogens with zero attached hydrogens (tertiary/aromatic N) is 2. The van der Waals surface area contributed by atoms with Gasteiger partial charge in [-0.15, -0.1) is 0 Å². The number of carbonyl (C=O) groups is 2. The number of rotatable bonds is 5. The first kappa shape index (κ1) is 17.4. The molecular formula is C20H24N2O3. The van der Waals surface area contributed by atoms with Gasteiger partial charge >= 0.3 is 0 Å². The molecule has 3 rings (SSSR count). The summed E-state index contributed by atoms with van der Waals surface area (Å²) in [5, 5.41) is 0. The molecule has 1 aromatic heterocycles. The predicted molar refractivity (Wildman–Crippen MR) is 95.9 cm³/mol. The van der Waals surface area contributed by atoms with Gasteiger partial charge in [-0.25, -0.2) is 0 Å². The first-order valence-corrected chi connectivity index (χ1v) is 8.71. The number of morpholine rings is 1. The predicted octanol–water partition coefficient (Wildman–Crippen LogP) is 3.18. The summed E-state index contributed by atoms with van der Waals surface area (Å²) in [5.41, 5.74) is 1.33. The van der Waals surface area contributed by atoms with Crippen LogP contribution < -0.4 is 0 Å². The number of ketones is 1. The Kier molecular flexibility index (Phi) is 5.34. The number of carbonyl (C=O) groups excluding carboxylic acids is 2. The maximum Gasteiger partial charge on any atom is 0.270 e. The average molecular weight is 340 g/mol. The molecule has 1 atom stereocenters. The second-order valence-corrected chi connectivity index (χ2v) is 6.62. The van der Waals surface area contributed by atoms with Crippen molar-refractivity contribution in [1.29, 1.82) is 0 Å². The van der Waals surface area contributed by atoms with Crippen molar-refractivity contribution in [2.24, 2.45) is 0 Å². The molecule has 0 radical (unpaired) electrons. The Hall–Kier alpha value is -2.40. The highest BCUT2D eigenvalue weighted by Crippen LogP contribution is 2.19. The van der Waals surface area contributed by atoms with E-state index < -0.39 is 0 Å². The maximum atomic E-state index is 13.1. The molecule has 1 saturated heterocycles. The minimum absolute atomic E-state index is 0.0344. The van der Waals surface area contributed by atoms with Crippen LogP contribution in [0.25, 0.3) is 0 Å². The largest absolute Gasteiger partial charge is 0.377 e. The van der Waals surface area contributed by atoms with Crippen molar-refractivity contribution in [3.05, 3.63) is 59.9 Å². The first-order valence-electron chi connectivity index (χ1n) is 8.71. The van der Waals surface area contributed by atoms with E-state index in [4.69, 9.17) is 4.74 Å². The van der Waals surface area contributed by atoms with Crippen LogP contribution in [0.1, 0.15) is 47.2 Å². The number of benzene rings is 1. The highest BCUT2D eigenvalue weighted by molar-refractivity contribution is 5.97. The molecule has 0 unspecified atom stereocenters. The minimum atomic E-state index is -0.232. The third-order valence-corrected chi connectivity index (χ3v) is 4.56. The summed E-state index contributed by atoms with van der Waals surface area (Å²) >= 11 is 0. The lowest BCUT2D eigenvalue weighted by Gasteiger charge is -2.35. The number of Topliss-reactive ketones (excluding diaryl/α,β-unsaturated/α-hetero) is 1. The van der Waals surface area contributed by atoms with Crippen LogP contribution in [0.15, 0.2) is 48.7 Å². The Bertz CT molecular complexity index is 736. The van der Waals surface area contributed by atoms with Gasteiger partial charge in [0.2, 0.25) is 0 Å². The minimum Gasteiger partial charge on any atom is -0.377 e. The molecule has 1 aromatic carbocycles. The van der Waals surface area contributed by atoms with Gasteiger partial charge in [0.05, 0.1) is 19.3 Å². The summed E-state index contributed by atoms with van der Waals surface area (Å²) in [6.45, 7) is 5.50. The van der Waals surface area contributed by atoms with Crippen molar-refractivity contribution in [1.82, 2.24) is 9.47 Å². The van der Waals surface area contributed by atoms with E-state index in [1.165, 1.54) is 0 Å². The molecule has 1 fully saturated rings. The first-order chi connectivity index (χ1) is 12.1. The standard InChI is InChI=1S/C20H24N2O3/c1-15(2)21-10-6-9-18(21)20(24)22-11-12-25-14-17(22)13-19(23)16-7-4-3-5-8-16/h3-10,15,17H,11-14H2,1-2H3/t17-/m0/s1. The zero-order chi connectivity index (χ0) is 17.8. The van der Waals surface area contributed by atoms with Crippen LogP contribution in [0.5, 0.6) is 0 Å². The Morgan fingerprint density at radius 3 is 2.64 bits per heavy atom. The zero-order valence-electron chi connectivity index (χ0n) is 14.7. The van der Waals surface area contributed by atoms with E-state index >= 15 is 0 Å². The van der Waals surface area contributed by atoms with Crippen LogP contribution in [0.2, 0.25) is 0 Å². The van der Waals surface area contributed by atoms with Gasteiger partial charge < -0.3 is 14.2 Å². The van der Waals surface area contributed by atoms with Gasteiger partial charge in [0.15, 0.2) is 5.78 Å². The van der Waals surface area contributed by atoms with Crippen molar-refractivity contribution in [3.8, 4) is 0 Å². The quantitative estimate of drug-likeness (QED) is 0.786. The lowest BCUT2D eigenvalue weighted by molar-refractivity contribution is -0.00340. The number of hydrogen-bond donors (Lipinski definition) is 0. The SMILES string of the molecule is CC(C)n1cccc1C(=O)N1CCOC[C@@H]1CC(=O)c1ccccc1. The number of ether oxygens (including phenoxy) is 1. The normalized spacial score (nSPS) is 17.7. The molecule has 2 aromatic rings. The molecule has 132 valence electrons. The van der Waals surface area contributed by atoms with E-state index in [0.717, 1.165) is 0 Å². The second-order valence-electron chi connectivity index (χ2n) is 6.62. The number of amides is 1. The van der Waals surface area contributed by atoms with E-state index in [9.17, 15) is 9.59 Å². The fraction of sp³-hybridized carbons (Fsp3) is 0.400. The molecular weight excluding hydrogens is 316 g/mol. The van der Waals surface area contributed by atoms with E-state index in [-0.39, 0.29) is 30.2 Å². The fourth-order valence-corrected chi connectivity index (χ4v) is 3.22. The fourth-order valence-electron chi connectivity index (χ4n) is 3.22. The smallest absolute Gasteiger partial charge is 0.270 e. The maximum absolute atomic E-state index is 13.1. The van der Waals surface area contributed by atoms with Crippen LogP contribution in [0, 0.1) is 0 Å². The molecule has 5 heteroatoms. The summed E-state index contributed by atoms with van der Waals surface area (Å²) in [6.07, 6.45) is 2.20. The van der Waals surface area contributed by atoms with Crippen molar-refractivity contribution in [2.75, 3.05) is 19.8 Å². The highest BCUT2D eigenvalue weighted by atomic mass is 16.5. The van der Waals surface area contributed by atoms with Gasteiger partial charge in [0, 0.05) is 30.8 Å². The Labute approximate surface area is 148 Å². The van der Waals surface area contributed by atoms with Gasteiger partial charge in [-0.3, -0.25) is 9.59 Å². The summed E-state index contributed by atoms with van der Waals surface area (Å²) < 4.78 is 7.51. The van der Waals surface area contributed by atoms with E-state index in [1.807, 2.05) is 67.1 Å². The molecule has 0 N–H and O–H groups in total. The van der Waals surface area contributed by atoms with Crippen LogP contribution in [0.4, 0.5) is 0 Å². The van der Waals surface area contributed by atoms with Crippen molar-refractivity contribution in [3.63, 3.8) is 0 Å². The monoisotopic (exact) mass is 340 g/mol. The molecule has 0 bridgehead atoms. The molecule has 1 aliphatic rings. The van der Waals surface area contributed by atoms with Crippen molar-refractivity contribution < 1.29 is 14.3 Å². The molecule has 25 heavy (non-hydrogen) atoms. The lowest BCUT2D eigenvalue weighted by Crippen LogP contribution is -2.50. The van der Waals surface area contributed by atoms with Crippen molar-refractivity contribution >= 4 is 11.7 Å². The van der Waals surface area contributed by atoms with Crippen LogP contribution in [-0.4, -0.2) is 47.0 Å². The molecule has 5 nitrogen and oxygen atoms in total. The third kappa shape index (κ3) is 3.82. The average Bonchev–Trinajstić information content (AvgIpc) is 3.12. The number of hydrogen-bond acceptors (Lipinski definition) is 3. The second kappa shape index (κ2) is 7.66. The van der Waals surface area contributed by atoms with Crippen LogP contribution >= 0.6 is 0 Å². The van der Waals surface area contributed by atoms with Gasteiger partial charge in [0.1, 0.15) is 5.69 Å². The molecule has 0 saturated carbocycles. The number of aromatic nitrogens is 1. The van der Waals surface area contributed by atoms with Crippen LogP contribution in [0.3, 0.4) is 0 Å². The molecule has 1 aliphatic heterocycles.